The van der Waals surface area contributed by atoms with Gasteiger partial charge in [-0.15, -0.1) is 0 Å². The lowest BCUT2D eigenvalue weighted by Gasteiger charge is -2.16. The first-order valence-electron chi connectivity index (χ1n) is 8.97. The van der Waals surface area contributed by atoms with Crippen molar-refractivity contribution in [3.63, 3.8) is 0 Å². The van der Waals surface area contributed by atoms with Gasteiger partial charge in [0.1, 0.15) is 6.61 Å². The Morgan fingerprint density at radius 1 is 1.06 bits per heavy atom. The Labute approximate surface area is 199 Å². The number of hydrogen-bond acceptors (Lipinski definition) is 5. The van der Waals surface area contributed by atoms with Crippen LogP contribution in [-0.2, 0) is 23.2 Å². The van der Waals surface area contributed by atoms with Gasteiger partial charge in [-0.05, 0) is 70.0 Å². The second kappa shape index (κ2) is 10.1. The molecule has 0 aliphatic carbocycles. The molecular weight excluding hydrogens is 527 g/mol. The Kier molecular flexibility index (Phi) is 7.72. The predicted octanol–water partition coefficient (Wildman–Crippen LogP) is 5.60. The van der Waals surface area contributed by atoms with Gasteiger partial charge in [0.15, 0.2) is 11.5 Å². The molecule has 0 saturated heterocycles. The van der Waals surface area contributed by atoms with Crippen LogP contribution < -0.4 is 19.9 Å². The molecule has 0 fully saturated rings. The highest BCUT2D eigenvalue weighted by Gasteiger charge is 2.13. The molecule has 3 aromatic carbocycles. The minimum Gasteiger partial charge on any atom is -0.493 e. The zero-order valence-corrected chi connectivity index (χ0v) is 20.3. The number of rotatable bonds is 8. The molecule has 3 aromatic rings. The molecule has 0 aliphatic heterocycles. The molecule has 3 N–H and O–H groups in total. The Balaban J connectivity index is 1.71. The smallest absolute Gasteiger partial charge is 0.238 e. The van der Waals surface area contributed by atoms with E-state index in [0.717, 1.165) is 21.3 Å². The topological polar surface area (TPSA) is 90.6 Å². The van der Waals surface area contributed by atoms with Crippen LogP contribution in [0.1, 0.15) is 11.1 Å². The first-order chi connectivity index (χ1) is 14.7. The van der Waals surface area contributed by atoms with Gasteiger partial charge in [-0.3, -0.25) is 0 Å². The Bertz CT molecular complexity index is 1190. The fourth-order valence-corrected chi connectivity index (χ4v) is 4.35. The standard InChI is InChI=1S/C21H19BrCl2N2O4S/c1-29-20-9-13(11-26-16-4-6-17(7-5-16)31(25,27)28)8-18(22)21(20)30-12-14-2-3-15(23)10-19(14)24/h2-10,26H,11-12H2,1H3,(H2,25,27,28). The van der Waals surface area contributed by atoms with Gasteiger partial charge in [-0.25, -0.2) is 13.6 Å². The zero-order chi connectivity index (χ0) is 22.6. The van der Waals surface area contributed by atoms with Gasteiger partial charge in [-0.2, -0.15) is 0 Å². The van der Waals surface area contributed by atoms with Crippen molar-refractivity contribution < 1.29 is 17.9 Å². The van der Waals surface area contributed by atoms with Crippen LogP contribution >= 0.6 is 39.1 Å². The van der Waals surface area contributed by atoms with Crippen LogP contribution in [0.15, 0.2) is 64.0 Å². The van der Waals surface area contributed by atoms with Crippen LogP contribution in [-0.4, -0.2) is 15.5 Å². The van der Waals surface area contributed by atoms with E-state index in [-0.39, 0.29) is 11.5 Å². The molecule has 10 heteroatoms. The van der Waals surface area contributed by atoms with Crippen molar-refractivity contribution in [2.75, 3.05) is 12.4 Å². The quantitative estimate of drug-likeness (QED) is 0.384. The monoisotopic (exact) mass is 544 g/mol. The van der Waals surface area contributed by atoms with Gasteiger partial charge >= 0.3 is 0 Å². The first-order valence-corrected chi connectivity index (χ1v) is 12.1. The van der Waals surface area contributed by atoms with Crippen LogP contribution in [0.3, 0.4) is 0 Å². The molecule has 0 atom stereocenters. The fraction of sp³-hybridized carbons (Fsp3) is 0.143. The number of primary sulfonamides is 1. The lowest BCUT2D eigenvalue weighted by atomic mass is 10.2. The third-order valence-corrected chi connectivity index (χ3v) is 6.46. The van der Waals surface area contributed by atoms with E-state index in [9.17, 15) is 8.42 Å². The number of ether oxygens (including phenoxy) is 2. The number of nitrogens with two attached hydrogens (primary N) is 1. The first kappa shape index (κ1) is 23.7. The van der Waals surface area contributed by atoms with Crippen molar-refractivity contribution in [3.8, 4) is 11.5 Å². The van der Waals surface area contributed by atoms with Crippen molar-refractivity contribution in [1.29, 1.82) is 0 Å². The Hall–Kier alpha value is -1.97. The molecule has 0 unspecified atom stereocenters. The van der Waals surface area contributed by atoms with Crippen molar-refractivity contribution in [2.45, 2.75) is 18.0 Å². The highest BCUT2D eigenvalue weighted by atomic mass is 79.9. The van der Waals surface area contributed by atoms with Gasteiger partial charge in [-0.1, -0.05) is 29.3 Å². The van der Waals surface area contributed by atoms with E-state index < -0.39 is 10.0 Å². The van der Waals surface area contributed by atoms with Crippen LogP contribution in [0, 0.1) is 0 Å². The van der Waals surface area contributed by atoms with E-state index in [4.69, 9.17) is 37.8 Å². The number of halogens is 3. The molecule has 3 rings (SSSR count). The minimum absolute atomic E-state index is 0.0600. The van der Waals surface area contributed by atoms with Gasteiger partial charge in [0.2, 0.25) is 10.0 Å². The second-order valence-corrected chi connectivity index (χ2v) is 9.82. The summed E-state index contributed by atoms with van der Waals surface area (Å²) in [4.78, 5) is 0.0600. The van der Waals surface area contributed by atoms with E-state index >= 15 is 0 Å². The SMILES string of the molecule is COc1cc(CNc2ccc(S(N)(=O)=O)cc2)cc(Br)c1OCc1ccc(Cl)cc1Cl. The maximum absolute atomic E-state index is 11.4. The summed E-state index contributed by atoms with van der Waals surface area (Å²) in [6.07, 6.45) is 0. The van der Waals surface area contributed by atoms with Crippen molar-refractivity contribution in [2.24, 2.45) is 5.14 Å². The molecule has 164 valence electrons. The summed E-state index contributed by atoms with van der Waals surface area (Å²) in [7, 11) is -2.15. The maximum atomic E-state index is 11.4. The highest BCUT2D eigenvalue weighted by Crippen LogP contribution is 2.38. The van der Waals surface area contributed by atoms with Gasteiger partial charge in [0.05, 0.1) is 16.5 Å². The molecule has 6 nitrogen and oxygen atoms in total. The van der Waals surface area contributed by atoms with Crippen molar-refractivity contribution >= 4 is 54.8 Å². The number of benzene rings is 3. The molecule has 0 spiro atoms. The van der Waals surface area contributed by atoms with E-state index in [0.29, 0.717) is 28.1 Å². The van der Waals surface area contributed by atoms with E-state index in [1.165, 1.54) is 12.1 Å². The third kappa shape index (κ3) is 6.27. The molecular formula is C21H19BrCl2N2O4S. The summed E-state index contributed by atoms with van der Waals surface area (Å²) in [5, 5.41) is 9.43. The lowest BCUT2D eigenvalue weighted by molar-refractivity contribution is 0.282. The molecule has 0 radical (unpaired) electrons. The number of nitrogens with one attached hydrogen (secondary N) is 1. The van der Waals surface area contributed by atoms with Crippen LogP contribution in [0.4, 0.5) is 5.69 Å². The molecule has 0 amide bonds. The molecule has 0 aromatic heterocycles. The Morgan fingerprint density at radius 2 is 1.77 bits per heavy atom. The summed E-state index contributed by atoms with van der Waals surface area (Å²) in [6.45, 7) is 0.728. The second-order valence-electron chi connectivity index (χ2n) is 6.56. The van der Waals surface area contributed by atoms with E-state index in [1.54, 1.807) is 31.4 Å². The van der Waals surface area contributed by atoms with Gasteiger partial charge < -0.3 is 14.8 Å². The van der Waals surface area contributed by atoms with Crippen LogP contribution in [0.25, 0.3) is 0 Å². The van der Waals surface area contributed by atoms with E-state index in [1.807, 2.05) is 18.2 Å². The van der Waals surface area contributed by atoms with Crippen LogP contribution in [0.5, 0.6) is 11.5 Å². The average molecular weight is 546 g/mol. The van der Waals surface area contributed by atoms with Crippen LogP contribution in [0.2, 0.25) is 10.0 Å². The predicted molar refractivity (Wildman–Crippen MR) is 127 cm³/mol. The summed E-state index contributed by atoms with van der Waals surface area (Å²) < 4.78 is 34.9. The molecule has 0 saturated carbocycles. The summed E-state index contributed by atoms with van der Waals surface area (Å²) >= 11 is 15.7. The maximum Gasteiger partial charge on any atom is 0.238 e. The third-order valence-electron chi connectivity index (χ3n) is 4.36. The zero-order valence-electron chi connectivity index (χ0n) is 16.4. The van der Waals surface area contributed by atoms with E-state index in [2.05, 4.69) is 21.2 Å². The summed E-state index contributed by atoms with van der Waals surface area (Å²) in [6, 6.07) is 15.2. The Morgan fingerprint density at radius 3 is 2.39 bits per heavy atom. The summed E-state index contributed by atoms with van der Waals surface area (Å²) in [5.41, 5.74) is 2.48. The van der Waals surface area contributed by atoms with Gasteiger partial charge in [0, 0.05) is 27.8 Å². The van der Waals surface area contributed by atoms with Crippen molar-refractivity contribution in [1.82, 2.24) is 0 Å². The molecule has 0 heterocycles. The van der Waals surface area contributed by atoms with Gasteiger partial charge in [0.25, 0.3) is 0 Å². The normalized spacial score (nSPS) is 11.3. The number of anilines is 1. The average Bonchev–Trinajstić information content (AvgIpc) is 2.72. The molecule has 31 heavy (non-hydrogen) atoms. The number of sulfonamides is 1. The number of hydrogen-bond donors (Lipinski definition) is 2. The molecule has 0 bridgehead atoms. The summed E-state index contributed by atoms with van der Waals surface area (Å²) in [5.74, 6) is 1.11. The highest BCUT2D eigenvalue weighted by molar-refractivity contribution is 9.10. The number of methoxy groups -OCH3 is 1. The molecule has 0 aliphatic rings. The fourth-order valence-electron chi connectivity index (χ4n) is 2.77. The minimum atomic E-state index is -3.72. The van der Waals surface area contributed by atoms with Crippen molar-refractivity contribution in [3.05, 3.63) is 80.2 Å². The largest absolute Gasteiger partial charge is 0.493 e. The lowest BCUT2D eigenvalue weighted by Crippen LogP contribution is -2.12.